The summed E-state index contributed by atoms with van der Waals surface area (Å²) >= 11 is 5.69. The summed E-state index contributed by atoms with van der Waals surface area (Å²) in [5.74, 6) is 0.114. The first-order valence-corrected chi connectivity index (χ1v) is 5.76. The Morgan fingerprint density at radius 1 is 1.33 bits per heavy atom. The van der Waals surface area contributed by atoms with E-state index in [2.05, 4.69) is 11.9 Å². The molecule has 0 N–H and O–H groups in total. The van der Waals surface area contributed by atoms with Crippen LogP contribution >= 0.6 is 11.6 Å². The molecular weight excluding hydrogens is 210 g/mol. The highest BCUT2D eigenvalue weighted by atomic mass is 35.5. The Labute approximate surface area is 95.7 Å². The van der Waals surface area contributed by atoms with Gasteiger partial charge in [0.1, 0.15) is 5.69 Å². The number of carbonyl (C=O) groups excluding carboxylic acids is 1. The van der Waals surface area contributed by atoms with Gasteiger partial charge in [-0.15, -0.1) is 0 Å². The number of ketones is 1. The third-order valence-electron chi connectivity index (χ3n) is 2.27. The number of unbranched alkanes of at least 4 members (excludes halogenated alkanes) is 3. The second kappa shape index (κ2) is 6.57. The van der Waals surface area contributed by atoms with E-state index in [0.717, 1.165) is 12.8 Å². The Morgan fingerprint density at radius 3 is 2.73 bits per heavy atom. The van der Waals surface area contributed by atoms with Crippen LogP contribution in [-0.4, -0.2) is 10.8 Å². The molecule has 0 saturated carbocycles. The van der Waals surface area contributed by atoms with E-state index >= 15 is 0 Å². The maximum atomic E-state index is 11.6. The van der Waals surface area contributed by atoms with Gasteiger partial charge in [-0.1, -0.05) is 37.8 Å². The third kappa shape index (κ3) is 4.43. The van der Waals surface area contributed by atoms with Crippen LogP contribution < -0.4 is 0 Å². The molecule has 1 aromatic heterocycles. The molecule has 3 heteroatoms. The number of Topliss-reactive ketones (excluding diaryl/α,β-unsaturated/α-hetero) is 1. The zero-order valence-electron chi connectivity index (χ0n) is 9.00. The number of aromatic nitrogens is 1. The minimum absolute atomic E-state index is 0.114. The van der Waals surface area contributed by atoms with Gasteiger partial charge in [0.05, 0.1) is 5.02 Å². The third-order valence-corrected chi connectivity index (χ3v) is 2.49. The normalized spacial score (nSPS) is 10.3. The van der Waals surface area contributed by atoms with Gasteiger partial charge in [0.2, 0.25) is 0 Å². The molecule has 0 aliphatic carbocycles. The van der Waals surface area contributed by atoms with E-state index in [-0.39, 0.29) is 5.78 Å². The first kappa shape index (κ1) is 12.2. The van der Waals surface area contributed by atoms with E-state index in [4.69, 9.17) is 11.6 Å². The van der Waals surface area contributed by atoms with Crippen molar-refractivity contribution in [3.8, 4) is 0 Å². The van der Waals surface area contributed by atoms with Crippen LogP contribution in [0.25, 0.3) is 0 Å². The van der Waals surface area contributed by atoms with Gasteiger partial charge in [0, 0.05) is 12.6 Å². The van der Waals surface area contributed by atoms with Crippen molar-refractivity contribution >= 4 is 17.4 Å². The Hall–Kier alpha value is -0.890. The van der Waals surface area contributed by atoms with E-state index in [1.807, 2.05) is 0 Å². The van der Waals surface area contributed by atoms with Crippen molar-refractivity contribution in [2.75, 3.05) is 0 Å². The van der Waals surface area contributed by atoms with Crippen molar-refractivity contribution in [1.82, 2.24) is 4.98 Å². The molecule has 0 saturated heterocycles. The summed E-state index contributed by atoms with van der Waals surface area (Å²) in [6.45, 7) is 2.16. The number of pyridine rings is 1. The van der Waals surface area contributed by atoms with Crippen molar-refractivity contribution in [1.29, 1.82) is 0 Å². The topological polar surface area (TPSA) is 30.0 Å². The van der Waals surface area contributed by atoms with Crippen molar-refractivity contribution in [2.24, 2.45) is 0 Å². The molecule has 1 rings (SSSR count). The number of nitrogens with zero attached hydrogens (tertiary/aromatic N) is 1. The van der Waals surface area contributed by atoms with Gasteiger partial charge in [0.25, 0.3) is 0 Å². The molecule has 0 aromatic carbocycles. The highest BCUT2D eigenvalue weighted by Gasteiger charge is 2.06. The fourth-order valence-corrected chi connectivity index (χ4v) is 1.49. The van der Waals surface area contributed by atoms with Crippen molar-refractivity contribution < 1.29 is 4.79 Å². The summed E-state index contributed by atoms with van der Waals surface area (Å²) in [5, 5.41) is 0.567. The molecule has 0 aliphatic rings. The Kier molecular flexibility index (Phi) is 5.33. The summed E-state index contributed by atoms with van der Waals surface area (Å²) in [7, 11) is 0. The maximum absolute atomic E-state index is 11.6. The summed E-state index contributed by atoms with van der Waals surface area (Å²) in [6.07, 6.45) is 6.57. The molecule has 0 bridgehead atoms. The van der Waals surface area contributed by atoms with Crippen molar-refractivity contribution in [2.45, 2.75) is 39.0 Å². The van der Waals surface area contributed by atoms with Crippen LogP contribution in [0.2, 0.25) is 5.02 Å². The lowest BCUT2D eigenvalue weighted by atomic mass is 10.1. The number of halogens is 1. The summed E-state index contributed by atoms with van der Waals surface area (Å²) in [5.41, 5.74) is 0.524. The average Bonchev–Trinajstić information content (AvgIpc) is 2.25. The van der Waals surface area contributed by atoms with Gasteiger partial charge in [-0.05, 0) is 18.6 Å². The molecule has 0 unspecified atom stereocenters. The Morgan fingerprint density at radius 2 is 2.13 bits per heavy atom. The second-order valence-corrected chi connectivity index (χ2v) is 4.03. The smallest absolute Gasteiger partial charge is 0.181 e. The summed E-state index contributed by atoms with van der Waals surface area (Å²) in [4.78, 5) is 15.6. The molecular formula is C12H16ClNO. The van der Waals surface area contributed by atoms with Gasteiger partial charge in [-0.2, -0.15) is 0 Å². The summed E-state index contributed by atoms with van der Waals surface area (Å²) < 4.78 is 0. The molecule has 0 radical (unpaired) electrons. The first-order valence-electron chi connectivity index (χ1n) is 5.38. The van der Waals surface area contributed by atoms with Crippen molar-refractivity contribution in [3.05, 3.63) is 29.0 Å². The largest absolute Gasteiger partial charge is 0.292 e. The SMILES string of the molecule is CCCCCCC(=O)c1ccc(Cl)cn1. The lowest BCUT2D eigenvalue weighted by Crippen LogP contribution is -2.01. The van der Waals surface area contributed by atoms with Crippen LogP contribution in [0.1, 0.15) is 49.5 Å². The first-order chi connectivity index (χ1) is 7.24. The number of hydrogen-bond donors (Lipinski definition) is 0. The van der Waals surface area contributed by atoms with Crippen LogP contribution in [0.4, 0.5) is 0 Å². The number of hydrogen-bond acceptors (Lipinski definition) is 2. The predicted octanol–water partition coefficient (Wildman–Crippen LogP) is 3.89. The van der Waals surface area contributed by atoms with Crippen LogP contribution in [0.5, 0.6) is 0 Å². The van der Waals surface area contributed by atoms with E-state index in [0.29, 0.717) is 17.1 Å². The lowest BCUT2D eigenvalue weighted by molar-refractivity contribution is 0.0974. The molecule has 2 nitrogen and oxygen atoms in total. The van der Waals surface area contributed by atoms with Gasteiger partial charge in [0.15, 0.2) is 5.78 Å². The fraction of sp³-hybridized carbons (Fsp3) is 0.500. The average molecular weight is 226 g/mol. The standard InChI is InChI=1S/C12H16ClNO/c1-2-3-4-5-6-12(15)11-8-7-10(13)9-14-11/h7-9H,2-6H2,1H3. The number of rotatable bonds is 6. The molecule has 0 atom stereocenters. The second-order valence-electron chi connectivity index (χ2n) is 3.60. The molecule has 0 fully saturated rings. The monoisotopic (exact) mass is 225 g/mol. The molecule has 1 heterocycles. The quantitative estimate of drug-likeness (QED) is 0.543. The van der Waals surface area contributed by atoms with Crippen LogP contribution in [0.15, 0.2) is 18.3 Å². The minimum atomic E-state index is 0.114. The molecule has 0 amide bonds. The van der Waals surface area contributed by atoms with Gasteiger partial charge in [-0.3, -0.25) is 9.78 Å². The van der Waals surface area contributed by atoms with Crippen molar-refractivity contribution in [3.63, 3.8) is 0 Å². The number of carbonyl (C=O) groups is 1. The maximum Gasteiger partial charge on any atom is 0.181 e. The zero-order chi connectivity index (χ0) is 11.1. The van der Waals surface area contributed by atoms with E-state index in [1.54, 1.807) is 12.1 Å². The molecule has 1 aromatic rings. The van der Waals surface area contributed by atoms with E-state index in [1.165, 1.54) is 19.0 Å². The van der Waals surface area contributed by atoms with Gasteiger partial charge < -0.3 is 0 Å². The lowest BCUT2D eigenvalue weighted by Gasteiger charge is -2.00. The Bertz CT molecular complexity index is 308. The van der Waals surface area contributed by atoms with Gasteiger partial charge >= 0.3 is 0 Å². The minimum Gasteiger partial charge on any atom is -0.292 e. The zero-order valence-corrected chi connectivity index (χ0v) is 9.76. The van der Waals surface area contributed by atoms with Gasteiger partial charge in [-0.25, -0.2) is 0 Å². The summed E-state index contributed by atoms with van der Waals surface area (Å²) in [6, 6.07) is 3.39. The fourth-order valence-electron chi connectivity index (χ4n) is 1.38. The van der Waals surface area contributed by atoms with E-state index < -0.39 is 0 Å². The van der Waals surface area contributed by atoms with E-state index in [9.17, 15) is 4.79 Å². The molecule has 15 heavy (non-hydrogen) atoms. The highest BCUT2D eigenvalue weighted by molar-refractivity contribution is 6.30. The highest BCUT2D eigenvalue weighted by Crippen LogP contribution is 2.10. The Balaban J connectivity index is 2.37. The predicted molar refractivity (Wildman–Crippen MR) is 62.3 cm³/mol. The molecule has 0 spiro atoms. The molecule has 82 valence electrons. The van der Waals surface area contributed by atoms with Crippen LogP contribution in [-0.2, 0) is 0 Å². The van der Waals surface area contributed by atoms with Crippen LogP contribution in [0, 0.1) is 0 Å². The molecule has 0 aliphatic heterocycles. The van der Waals surface area contributed by atoms with Crippen LogP contribution in [0.3, 0.4) is 0 Å².